The Morgan fingerprint density at radius 3 is 2.27 bits per heavy atom. The van der Waals surface area contributed by atoms with Crippen molar-refractivity contribution in [2.75, 3.05) is 0 Å². The average molecular weight is 219 g/mol. The highest BCUT2D eigenvalue weighted by molar-refractivity contribution is 5.33. The Morgan fingerprint density at radius 2 is 1.87 bits per heavy atom. The molecule has 1 aromatic rings. The van der Waals surface area contributed by atoms with Crippen LogP contribution in [-0.2, 0) is 6.18 Å². The smallest absolute Gasteiger partial charge is 0.327 e. The zero-order valence-corrected chi connectivity index (χ0v) is 7.68. The van der Waals surface area contributed by atoms with Crippen molar-refractivity contribution < 1.29 is 17.6 Å². The molecule has 1 nitrogen and oxygen atoms in total. The maximum Gasteiger partial charge on any atom is 0.416 e. The monoisotopic (exact) mass is 219 g/mol. The summed E-state index contributed by atoms with van der Waals surface area (Å²) < 4.78 is 49.9. The van der Waals surface area contributed by atoms with Gasteiger partial charge >= 0.3 is 6.18 Å². The first-order chi connectivity index (χ1) is 6.89. The van der Waals surface area contributed by atoms with Gasteiger partial charge in [-0.2, -0.15) is 13.2 Å². The molecule has 15 heavy (non-hydrogen) atoms. The van der Waals surface area contributed by atoms with E-state index in [1.807, 2.05) is 0 Å². The number of halogens is 4. The van der Waals surface area contributed by atoms with Gasteiger partial charge in [0.2, 0.25) is 0 Å². The Morgan fingerprint density at radius 1 is 1.27 bits per heavy atom. The lowest BCUT2D eigenvalue weighted by molar-refractivity contribution is -0.137. The Hall–Kier alpha value is -1.10. The molecule has 0 radical (unpaired) electrons. The summed E-state index contributed by atoms with van der Waals surface area (Å²) in [5.41, 5.74) is 4.83. The molecule has 1 saturated carbocycles. The molecule has 5 heteroatoms. The van der Waals surface area contributed by atoms with Gasteiger partial charge in [-0.25, -0.2) is 4.39 Å². The van der Waals surface area contributed by atoms with Gasteiger partial charge in [-0.1, -0.05) is 6.07 Å². The van der Waals surface area contributed by atoms with Gasteiger partial charge in [0.05, 0.1) is 5.56 Å². The first-order valence-electron chi connectivity index (χ1n) is 4.52. The van der Waals surface area contributed by atoms with Crippen LogP contribution in [0.15, 0.2) is 18.2 Å². The summed E-state index contributed by atoms with van der Waals surface area (Å²) >= 11 is 0. The van der Waals surface area contributed by atoms with Crippen LogP contribution < -0.4 is 5.73 Å². The minimum atomic E-state index is -4.50. The Labute approximate surface area is 83.9 Å². The number of alkyl halides is 3. The summed E-state index contributed by atoms with van der Waals surface area (Å²) in [4.78, 5) is 0. The van der Waals surface area contributed by atoms with Gasteiger partial charge in [0.1, 0.15) is 5.82 Å². The van der Waals surface area contributed by atoms with Gasteiger partial charge in [0, 0.05) is 12.0 Å². The van der Waals surface area contributed by atoms with E-state index < -0.39 is 17.6 Å². The standard InChI is InChI=1S/C10H9F4N/c11-8-3-5(10(12,13)14)1-2-6(8)7-4-9(7)15/h1-3,7,9H,4,15H2/t7-,9+/m0/s1. The lowest BCUT2D eigenvalue weighted by Crippen LogP contribution is -2.07. The van der Waals surface area contributed by atoms with Crippen molar-refractivity contribution in [1.29, 1.82) is 0 Å². The summed E-state index contributed by atoms with van der Waals surface area (Å²) in [6.07, 6.45) is -3.85. The van der Waals surface area contributed by atoms with Crippen molar-refractivity contribution in [1.82, 2.24) is 0 Å². The number of hydrogen-bond acceptors (Lipinski definition) is 1. The van der Waals surface area contributed by atoms with Crippen LogP contribution in [0.1, 0.15) is 23.5 Å². The highest BCUT2D eigenvalue weighted by Gasteiger charge is 2.38. The molecule has 1 aliphatic carbocycles. The summed E-state index contributed by atoms with van der Waals surface area (Å²) in [6.45, 7) is 0. The van der Waals surface area contributed by atoms with Crippen LogP contribution in [-0.4, -0.2) is 6.04 Å². The number of rotatable bonds is 1. The van der Waals surface area contributed by atoms with E-state index in [2.05, 4.69) is 0 Å². The van der Waals surface area contributed by atoms with Crippen LogP contribution in [0.3, 0.4) is 0 Å². The molecule has 2 N–H and O–H groups in total. The average Bonchev–Trinajstić information content (AvgIpc) is 2.80. The molecule has 82 valence electrons. The molecule has 0 spiro atoms. The SMILES string of the molecule is N[C@@H]1C[C@H]1c1ccc(C(F)(F)F)cc1F. The summed E-state index contributed by atoms with van der Waals surface area (Å²) in [5.74, 6) is -0.935. The summed E-state index contributed by atoms with van der Waals surface area (Å²) in [6, 6.07) is 2.48. The molecule has 0 unspecified atom stereocenters. The van der Waals surface area contributed by atoms with Crippen molar-refractivity contribution in [3.05, 3.63) is 35.1 Å². The number of nitrogens with two attached hydrogens (primary N) is 1. The third-order valence-corrected chi connectivity index (χ3v) is 2.57. The minimum Gasteiger partial charge on any atom is -0.327 e. The van der Waals surface area contributed by atoms with Crippen LogP contribution in [0, 0.1) is 5.82 Å². The van der Waals surface area contributed by atoms with Gasteiger partial charge in [-0.3, -0.25) is 0 Å². The third kappa shape index (κ3) is 1.97. The molecule has 0 bridgehead atoms. The fourth-order valence-corrected chi connectivity index (χ4v) is 1.58. The number of benzene rings is 1. The normalized spacial score (nSPS) is 25.4. The molecule has 1 aromatic carbocycles. The van der Waals surface area contributed by atoms with Crippen molar-refractivity contribution in [3.8, 4) is 0 Å². The lowest BCUT2D eigenvalue weighted by atomic mass is 10.1. The maximum absolute atomic E-state index is 13.3. The molecule has 0 saturated heterocycles. The van der Waals surface area contributed by atoms with Gasteiger partial charge in [-0.15, -0.1) is 0 Å². The predicted molar refractivity (Wildman–Crippen MR) is 46.7 cm³/mol. The maximum atomic E-state index is 13.3. The van der Waals surface area contributed by atoms with Gasteiger partial charge < -0.3 is 5.73 Å². The molecule has 0 aromatic heterocycles. The van der Waals surface area contributed by atoms with Gasteiger partial charge in [-0.05, 0) is 24.1 Å². The fourth-order valence-electron chi connectivity index (χ4n) is 1.58. The lowest BCUT2D eigenvalue weighted by Gasteiger charge is -2.08. The minimum absolute atomic E-state index is 0.115. The molecule has 1 fully saturated rings. The van der Waals surface area contributed by atoms with Gasteiger partial charge in [0.15, 0.2) is 0 Å². The first-order valence-corrected chi connectivity index (χ1v) is 4.52. The predicted octanol–water partition coefficient (Wildman–Crippen LogP) is 2.66. The van der Waals surface area contributed by atoms with Crippen LogP contribution >= 0.6 is 0 Å². The fraction of sp³-hybridized carbons (Fsp3) is 0.400. The van der Waals surface area contributed by atoms with Crippen LogP contribution in [0.2, 0.25) is 0 Å². The molecule has 0 amide bonds. The zero-order valence-electron chi connectivity index (χ0n) is 7.68. The second-order valence-corrected chi connectivity index (χ2v) is 3.74. The topological polar surface area (TPSA) is 26.0 Å². The van der Waals surface area contributed by atoms with Crippen molar-refractivity contribution in [2.24, 2.45) is 5.73 Å². The van der Waals surface area contributed by atoms with Crippen molar-refractivity contribution >= 4 is 0 Å². The van der Waals surface area contributed by atoms with Crippen LogP contribution in [0.25, 0.3) is 0 Å². The van der Waals surface area contributed by atoms with E-state index in [-0.39, 0.29) is 17.5 Å². The largest absolute Gasteiger partial charge is 0.416 e. The van der Waals surface area contributed by atoms with E-state index in [1.54, 1.807) is 0 Å². The molecule has 2 atom stereocenters. The second kappa shape index (κ2) is 3.20. The van der Waals surface area contributed by atoms with Crippen molar-refractivity contribution in [3.63, 3.8) is 0 Å². The van der Waals surface area contributed by atoms with E-state index in [0.717, 1.165) is 6.07 Å². The molecular weight excluding hydrogens is 210 g/mol. The Kier molecular flexibility index (Phi) is 2.22. The van der Waals surface area contributed by atoms with Crippen molar-refractivity contribution in [2.45, 2.75) is 24.6 Å². The number of hydrogen-bond donors (Lipinski definition) is 1. The highest BCUT2D eigenvalue weighted by atomic mass is 19.4. The molecule has 0 heterocycles. The van der Waals surface area contributed by atoms with E-state index in [0.29, 0.717) is 12.5 Å². The second-order valence-electron chi connectivity index (χ2n) is 3.74. The Balaban J connectivity index is 2.31. The molecule has 0 aliphatic heterocycles. The third-order valence-electron chi connectivity index (χ3n) is 2.57. The van der Waals surface area contributed by atoms with Gasteiger partial charge in [0.25, 0.3) is 0 Å². The van der Waals surface area contributed by atoms with E-state index in [9.17, 15) is 17.6 Å². The Bertz CT molecular complexity index is 385. The quantitative estimate of drug-likeness (QED) is 0.722. The van der Waals surface area contributed by atoms with E-state index in [1.165, 1.54) is 6.07 Å². The van der Waals surface area contributed by atoms with Crippen LogP contribution in [0.5, 0.6) is 0 Å². The zero-order chi connectivity index (χ0) is 11.2. The highest BCUT2D eigenvalue weighted by Crippen LogP contribution is 2.41. The van der Waals surface area contributed by atoms with Crippen LogP contribution in [0.4, 0.5) is 17.6 Å². The first kappa shape index (κ1) is 10.4. The molecule has 2 rings (SSSR count). The summed E-state index contributed by atoms with van der Waals surface area (Å²) in [7, 11) is 0. The van der Waals surface area contributed by atoms with E-state index in [4.69, 9.17) is 5.73 Å². The summed E-state index contributed by atoms with van der Waals surface area (Å²) in [5, 5.41) is 0. The van der Waals surface area contributed by atoms with E-state index >= 15 is 0 Å². The molecule has 1 aliphatic rings. The molecular formula is C10H9F4N.